The molecule has 0 bridgehead atoms. The lowest BCUT2D eigenvalue weighted by atomic mass is 10.1. The molecule has 0 aliphatic rings. The zero-order valence-electron chi connectivity index (χ0n) is 14.2. The van der Waals surface area contributed by atoms with Crippen LogP contribution in [0.2, 0.25) is 0 Å². The molecule has 2 aromatic heterocycles. The molecule has 1 aromatic carbocycles. The van der Waals surface area contributed by atoms with E-state index in [1.54, 1.807) is 25.3 Å². The highest BCUT2D eigenvalue weighted by molar-refractivity contribution is 5.87. The van der Waals surface area contributed by atoms with E-state index in [1.807, 2.05) is 24.3 Å². The summed E-state index contributed by atoms with van der Waals surface area (Å²) in [6, 6.07) is 11.4. The van der Waals surface area contributed by atoms with Crippen LogP contribution in [0.25, 0.3) is 22.3 Å². The molecule has 0 unspecified atom stereocenters. The van der Waals surface area contributed by atoms with Gasteiger partial charge in [-0.3, -0.25) is 4.98 Å². The molecule has 0 aliphatic heterocycles. The van der Waals surface area contributed by atoms with Crippen molar-refractivity contribution in [3.05, 3.63) is 60.4 Å². The second-order valence-corrected chi connectivity index (χ2v) is 5.64. The summed E-state index contributed by atoms with van der Waals surface area (Å²) in [5, 5.41) is 0.965. The number of rotatable bonds is 6. The lowest BCUT2D eigenvalue weighted by molar-refractivity contribution is -0.145. The minimum absolute atomic E-state index is 0.173. The van der Waals surface area contributed by atoms with E-state index in [0.717, 1.165) is 28.8 Å². The zero-order valence-corrected chi connectivity index (χ0v) is 14.2. The number of esters is 1. The number of hydrogen-bond acceptors (Lipinski definition) is 5. The van der Waals surface area contributed by atoms with Crippen molar-refractivity contribution in [2.45, 2.75) is 20.3 Å². The molecule has 0 amide bonds. The number of aryl methyl sites for hydroxylation is 1. The first kappa shape index (κ1) is 16.8. The number of aromatic nitrogens is 1. The van der Waals surface area contributed by atoms with Gasteiger partial charge in [-0.1, -0.05) is 13.5 Å². The zero-order chi connectivity index (χ0) is 17.8. The molecule has 5 heteroatoms. The van der Waals surface area contributed by atoms with Crippen LogP contribution in [-0.4, -0.2) is 17.7 Å². The lowest BCUT2D eigenvalue weighted by Crippen LogP contribution is -2.10. The highest BCUT2D eigenvalue weighted by Gasteiger charge is 2.11. The molecule has 0 spiro atoms. The SMILES string of the molecule is C=C(C)C(=O)OCOc1ccc2cc(-c3cccnc3CC)oc2c1. The topological polar surface area (TPSA) is 61.6 Å². The van der Waals surface area contributed by atoms with E-state index < -0.39 is 5.97 Å². The Labute approximate surface area is 145 Å². The van der Waals surface area contributed by atoms with Crippen LogP contribution >= 0.6 is 0 Å². The Balaban J connectivity index is 1.80. The molecular formula is C20H19NO4. The number of carbonyl (C=O) groups excluding carboxylic acids is 1. The van der Waals surface area contributed by atoms with Crippen LogP contribution in [0.4, 0.5) is 0 Å². The summed E-state index contributed by atoms with van der Waals surface area (Å²) < 4.78 is 16.3. The van der Waals surface area contributed by atoms with Gasteiger partial charge in [0.2, 0.25) is 6.79 Å². The van der Waals surface area contributed by atoms with Gasteiger partial charge in [-0.25, -0.2) is 4.79 Å². The Morgan fingerprint density at radius 2 is 2.12 bits per heavy atom. The monoisotopic (exact) mass is 337 g/mol. The van der Waals surface area contributed by atoms with Gasteiger partial charge in [0.1, 0.15) is 17.1 Å². The Morgan fingerprint density at radius 1 is 1.28 bits per heavy atom. The maximum atomic E-state index is 11.3. The first-order chi connectivity index (χ1) is 12.1. The average molecular weight is 337 g/mol. The van der Waals surface area contributed by atoms with Gasteiger partial charge < -0.3 is 13.9 Å². The van der Waals surface area contributed by atoms with Crippen LogP contribution in [0.3, 0.4) is 0 Å². The molecule has 0 atom stereocenters. The van der Waals surface area contributed by atoms with E-state index in [0.29, 0.717) is 16.9 Å². The normalized spacial score (nSPS) is 10.6. The Bertz CT molecular complexity index is 926. The van der Waals surface area contributed by atoms with Crippen LogP contribution < -0.4 is 4.74 Å². The van der Waals surface area contributed by atoms with Crippen molar-refractivity contribution in [2.24, 2.45) is 0 Å². The van der Waals surface area contributed by atoms with Crippen LogP contribution in [-0.2, 0) is 16.0 Å². The number of carbonyl (C=O) groups is 1. The summed E-state index contributed by atoms with van der Waals surface area (Å²) in [5.74, 6) is 0.848. The van der Waals surface area contributed by atoms with Crippen LogP contribution in [0.1, 0.15) is 19.5 Å². The molecule has 5 nitrogen and oxygen atoms in total. The quantitative estimate of drug-likeness (QED) is 0.376. The molecule has 128 valence electrons. The van der Waals surface area contributed by atoms with Crippen molar-refractivity contribution >= 4 is 16.9 Å². The van der Waals surface area contributed by atoms with Crippen molar-refractivity contribution in [1.29, 1.82) is 0 Å². The lowest BCUT2D eigenvalue weighted by Gasteiger charge is -2.06. The van der Waals surface area contributed by atoms with E-state index in [9.17, 15) is 4.79 Å². The maximum absolute atomic E-state index is 11.3. The van der Waals surface area contributed by atoms with E-state index in [-0.39, 0.29) is 6.79 Å². The summed E-state index contributed by atoms with van der Waals surface area (Å²) >= 11 is 0. The second-order valence-electron chi connectivity index (χ2n) is 5.64. The Morgan fingerprint density at radius 3 is 2.88 bits per heavy atom. The van der Waals surface area contributed by atoms with Crippen LogP contribution in [0.15, 0.2) is 59.2 Å². The molecule has 25 heavy (non-hydrogen) atoms. The fourth-order valence-electron chi connectivity index (χ4n) is 2.45. The molecule has 0 radical (unpaired) electrons. The van der Waals surface area contributed by atoms with Crippen molar-refractivity contribution in [3.8, 4) is 17.1 Å². The van der Waals surface area contributed by atoms with Gasteiger partial charge in [0.25, 0.3) is 0 Å². The molecule has 3 aromatic rings. The van der Waals surface area contributed by atoms with Crippen LogP contribution in [0.5, 0.6) is 5.75 Å². The third-order valence-electron chi connectivity index (χ3n) is 3.75. The number of fused-ring (bicyclic) bond motifs is 1. The van der Waals surface area contributed by atoms with Gasteiger partial charge in [0.05, 0.1) is 5.69 Å². The summed E-state index contributed by atoms with van der Waals surface area (Å²) in [6.45, 7) is 6.99. The molecular weight excluding hydrogens is 318 g/mol. The molecule has 2 heterocycles. The number of hydrogen-bond donors (Lipinski definition) is 0. The largest absolute Gasteiger partial charge is 0.457 e. The van der Waals surface area contributed by atoms with Gasteiger partial charge in [0.15, 0.2) is 0 Å². The first-order valence-electron chi connectivity index (χ1n) is 8.01. The third-order valence-corrected chi connectivity index (χ3v) is 3.75. The molecule has 0 aliphatic carbocycles. The van der Waals surface area contributed by atoms with Gasteiger partial charge in [-0.15, -0.1) is 0 Å². The van der Waals surface area contributed by atoms with E-state index >= 15 is 0 Å². The van der Waals surface area contributed by atoms with Gasteiger partial charge in [-0.2, -0.15) is 0 Å². The van der Waals surface area contributed by atoms with E-state index in [4.69, 9.17) is 13.9 Å². The molecule has 0 saturated carbocycles. The van der Waals surface area contributed by atoms with Crippen molar-refractivity contribution < 1.29 is 18.7 Å². The highest BCUT2D eigenvalue weighted by atomic mass is 16.7. The number of benzene rings is 1. The van der Waals surface area contributed by atoms with Crippen LogP contribution in [0, 0.1) is 0 Å². The summed E-state index contributed by atoms with van der Waals surface area (Å²) in [6.07, 6.45) is 2.61. The highest BCUT2D eigenvalue weighted by Crippen LogP contribution is 2.31. The number of ether oxygens (including phenoxy) is 2. The Kier molecular flexibility index (Phi) is 4.84. The van der Waals surface area contributed by atoms with E-state index in [2.05, 4.69) is 18.5 Å². The average Bonchev–Trinajstić information content (AvgIpc) is 3.04. The summed E-state index contributed by atoms with van der Waals surface area (Å²) in [5.41, 5.74) is 3.01. The maximum Gasteiger partial charge on any atom is 0.335 e. The Hall–Kier alpha value is -3.08. The number of pyridine rings is 1. The molecule has 0 N–H and O–H groups in total. The van der Waals surface area contributed by atoms with Gasteiger partial charge in [0, 0.05) is 28.8 Å². The predicted octanol–water partition coefficient (Wildman–Crippen LogP) is 4.51. The number of nitrogens with zero attached hydrogens (tertiary/aromatic N) is 1. The second kappa shape index (κ2) is 7.21. The molecule has 0 saturated heterocycles. The van der Waals surface area contributed by atoms with Gasteiger partial charge in [-0.05, 0) is 43.7 Å². The molecule has 3 rings (SSSR count). The third kappa shape index (κ3) is 3.71. The molecule has 0 fully saturated rings. The smallest absolute Gasteiger partial charge is 0.335 e. The minimum atomic E-state index is -0.481. The standard InChI is InChI=1S/C20H19NO4/c1-4-17-16(6-5-9-21-17)19-10-14-7-8-15(11-18(14)25-19)23-12-24-20(22)13(2)3/h5-11H,2,4,12H2,1,3H3. The number of furan rings is 1. The minimum Gasteiger partial charge on any atom is -0.457 e. The van der Waals surface area contributed by atoms with E-state index in [1.165, 1.54) is 0 Å². The summed E-state index contributed by atoms with van der Waals surface area (Å²) in [4.78, 5) is 15.7. The fourth-order valence-corrected chi connectivity index (χ4v) is 2.45. The van der Waals surface area contributed by atoms with Gasteiger partial charge >= 0.3 is 5.97 Å². The van der Waals surface area contributed by atoms with Crippen molar-refractivity contribution in [1.82, 2.24) is 4.98 Å². The summed E-state index contributed by atoms with van der Waals surface area (Å²) in [7, 11) is 0. The fraction of sp³-hybridized carbons (Fsp3) is 0.200. The van der Waals surface area contributed by atoms with Crippen molar-refractivity contribution in [3.63, 3.8) is 0 Å². The first-order valence-corrected chi connectivity index (χ1v) is 8.01. The van der Waals surface area contributed by atoms with Crippen molar-refractivity contribution in [2.75, 3.05) is 6.79 Å². The predicted molar refractivity (Wildman–Crippen MR) is 95.2 cm³/mol.